The molecule has 172 valence electrons. The van der Waals surface area contributed by atoms with Crippen LogP contribution < -0.4 is 4.90 Å². The van der Waals surface area contributed by atoms with Crippen LogP contribution in [0.1, 0.15) is 22.3 Å². The molecule has 0 bridgehead atoms. The van der Waals surface area contributed by atoms with Gasteiger partial charge in [-0.2, -0.15) is 4.31 Å². The fraction of sp³-hybridized carbons (Fsp3) is 0.240. The Morgan fingerprint density at radius 3 is 2.42 bits per heavy atom. The minimum atomic E-state index is -3.66. The lowest BCUT2D eigenvalue weighted by Gasteiger charge is -2.45. The van der Waals surface area contributed by atoms with Crippen molar-refractivity contribution in [2.75, 3.05) is 24.5 Å². The molecule has 33 heavy (non-hydrogen) atoms. The zero-order chi connectivity index (χ0) is 22.3. The first kappa shape index (κ1) is 23.3. The number of nitrogens with zero attached hydrogens (tertiary/aromatic N) is 2. The minimum Gasteiger partial charge on any atom is -0.478 e. The number of aryl methyl sites for hydroxylation is 1. The lowest BCUT2D eigenvalue weighted by Crippen LogP contribution is -2.56. The van der Waals surface area contributed by atoms with Gasteiger partial charge in [0.2, 0.25) is 10.0 Å². The number of hydrogen-bond acceptors (Lipinski definition) is 4. The van der Waals surface area contributed by atoms with E-state index < -0.39 is 16.0 Å². The van der Waals surface area contributed by atoms with Crippen molar-refractivity contribution in [2.45, 2.75) is 23.8 Å². The molecule has 0 saturated carbocycles. The van der Waals surface area contributed by atoms with E-state index in [1.54, 1.807) is 28.6 Å². The second kappa shape index (κ2) is 9.17. The Bertz CT molecular complexity index is 1280. The summed E-state index contributed by atoms with van der Waals surface area (Å²) in [6, 6.07) is 22.1. The van der Waals surface area contributed by atoms with Crippen LogP contribution in [0.4, 0.5) is 5.69 Å². The Morgan fingerprint density at radius 2 is 1.67 bits per heavy atom. The average Bonchev–Trinajstić information content (AvgIpc) is 2.83. The number of carboxylic acid groups (broad SMARTS) is 1. The number of sulfonamides is 1. The molecule has 1 fully saturated rings. The highest BCUT2D eigenvalue weighted by atomic mass is 35.5. The number of hydrogen-bond donors (Lipinski definition) is 1. The molecule has 6 nitrogen and oxygen atoms in total. The van der Waals surface area contributed by atoms with Gasteiger partial charge in [0.25, 0.3) is 0 Å². The van der Waals surface area contributed by atoms with Crippen LogP contribution in [-0.4, -0.2) is 49.5 Å². The summed E-state index contributed by atoms with van der Waals surface area (Å²) < 4.78 is 28.9. The topological polar surface area (TPSA) is 77.9 Å². The molecule has 0 spiro atoms. The van der Waals surface area contributed by atoms with E-state index in [-0.39, 0.29) is 18.4 Å². The summed E-state index contributed by atoms with van der Waals surface area (Å²) in [5.41, 5.74) is 3.93. The number of fused-ring (bicyclic) bond motifs is 3. The molecule has 0 radical (unpaired) electrons. The molecule has 3 aromatic rings. The molecule has 1 unspecified atom stereocenters. The summed E-state index contributed by atoms with van der Waals surface area (Å²) in [4.78, 5) is 13.9. The highest BCUT2D eigenvalue weighted by molar-refractivity contribution is 7.89. The van der Waals surface area contributed by atoms with Gasteiger partial charge >= 0.3 is 5.97 Å². The summed E-state index contributed by atoms with van der Waals surface area (Å²) >= 11 is 0. The number of carbonyl (C=O) groups is 1. The van der Waals surface area contributed by atoms with Gasteiger partial charge in [-0.3, -0.25) is 0 Å². The van der Waals surface area contributed by atoms with Gasteiger partial charge in [-0.15, -0.1) is 12.4 Å². The summed E-state index contributed by atoms with van der Waals surface area (Å²) in [5, 5.41) is 9.27. The van der Waals surface area contributed by atoms with Crippen molar-refractivity contribution in [3.05, 3.63) is 83.9 Å². The zero-order valence-electron chi connectivity index (χ0n) is 17.9. The van der Waals surface area contributed by atoms with Gasteiger partial charge in [0, 0.05) is 36.9 Å². The number of piperazine rings is 1. The lowest BCUT2D eigenvalue weighted by molar-refractivity contribution is 0.0696. The largest absolute Gasteiger partial charge is 0.478 e. The van der Waals surface area contributed by atoms with E-state index >= 15 is 0 Å². The zero-order valence-corrected chi connectivity index (χ0v) is 19.6. The summed E-state index contributed by atoms with van der Waals surface area (Å²) in [6.45, 7) is 1.39. The van der Waals surface area contributed by atoms with Gasteiger partial charge in [0.15, 0.2) is 0 Å². The minimum absolute atomic E-state index is 0. The van der Waals surface area contributed by atoms with Gasteiger partial charge in [0.1, 0.15) is 0 Å². The predicted octanol–water partition coefficient (Wildman–Crippen LogP) is 4.30. The van der Waals surface area contributed by atoms with Crippen LogP contribution in [0.5, 0.6) is 0 Å². The standard InChI is InChI=1S/C25H24N2O4S.ClH/c28-25(29)20-11-13-23-19(16-20)10-12-21-17-26(14-15-27(21)23)32(30,31)24-9-5-4-8-22(24)18-6-2-1-3-7-18;/h1-9,11,13,16,21H,10,12,14-15,17H2,(H,28,29);1H. The van der Waals surface area contributed by atoms with Gasteiger partial charge in [0.05, 0.1) is 10.5 Å². The maximum Gasteiger partial charge on any atom is 0.335 e. The number of aromatic carboxylic acids is 1. The molecule has 2 heterocycles. The molecule has 5 rings (SSSR count). The molecule has 0 aliphatic carbocycles. The quantitative estimate of drug-likeness (QED) is 0.597. The van der Waals surface area contributed by atoms with Crippen molar-refractivity contribution in [1.82, 2.24) is 4.31 Å². The Kier molecular flexibility index (Phi) is 6.47. The SMILES string of the molecule is Cl.O=C(O)c1ccc2c(c1)CCC1CN(S(=O)(=O)c3ccccc3-c3ccccc3)CCN21. The third-order valence-corrected chi connectivity index (χ3v) is 8.34. The molecule has 2 aliphatic heterocycles. The van der Waals surface area contributed by atoms with Crippen molar-refractivity contribution < 1.29 is 18.3 Å². The number of rotatable bonds is 4. The van der Waals surface area contributed by atoms with Crippen LogP contribution in [0.2, 0.25) is 0 Å². The predicted molar refractivity (Wildman–Crippen MR) is 131 cm³/mol. The van der Waals surface area contributed by atoms with E-state index in [9.17, 15) is 18.3 Å². The first-order valence-corrected chi connectivity index (χ1v) is 12.2. The Balaban J connectivity index is 0.00000259. The van der Waals surface area contributed by atoms with E-state index in [4.69, 9.17) is 0 Å². The summed E-state index contributed by atoms with van der Waals surface area (Å²) in [5.74, 6) is -0.928. The lowest BCUT2D eigenvalue weighted by atomic mass is 9.93. The van der Waals surface area contributed by atoms with Crippen LogP contribution in [0, 0.1) is 0 Å². The van der Waals surface area contributed by atoms with Gasteiger partial charge < -0.3 is 10.0 Å². The monoisotopic (exact) mass is 484 g/mol. The van der Waals surface area contributed by atoms with Crippen molar-refractivity contribution in [2.24, 2.45) is 0 Å². The van der Waals surface area contributed by atoms with Crippen LogP contribution >= 0.6 is 12.4 Å². The maximum absolute atomic E-state index is 13.7. The van der Waals surface area contributed by atoms with E-state index in [1.807, 2.05) is 48.5 Å². The van der Waals surface area contributed by atoms with E-state index in [1.165, 1.54) is 0 Å². The van der Waals surface area contributed by atoms with E-state index in [2.05, 4.69) is 4.90 Å². The highest BCUT2D eigenvalue weighted by Gasteiger charge is 2.37. The van der Waals surface area contributed by atoms with Crippen molar-refractivity contribution >= 4 is 34.1 Å². The third-order valence-electron chi connectivity index (χ3n) is 6.42. The van der Waals surface area contributed by atoms with Crippen LogP contribution in [0.25, 0.3) is 11.1 Å². The third kappa shape index (κ3) is 4.24. The first-order valence-electron chi connectivity index (χ1n) is 10.7. The molecule has 8 heteroatoms. The normalized spacial score (nSPS) is 18.1. The summed E-state index contributed by atoms with van der Waals surface area (Å²) in [7, 11) is -3.66. The fourth-order valence-corrected chi connectivity index (χ4v) is 6.50. The molecule has 0 amide bonds. The second-order valence-electron chi connectivity index (χ2n) is 8.26. The van der Waals surface area contributed by atoms with Gasteiger partial charge in [-0.25, -0.2) is 13.2 Å². The fourth-order valence-electron chi connectivity index (χ4n) is 4.82. The second-order valence-corrected chi connectivity index (χ2v) is 10.2. The molecule has 3 aromatic carbocycles. The Hall–Kier alpha value is -2.87. The number of anilines is 1. The number of carboxylic acids is 1. The molecular weight excluding hydrogens is 460 g/mol. The van der Waals surface area contributed by atoms with Crippen molar-refractivity contribution in [3.63, 3.8) is 0 Å². The smallest absolute Gasteiger partial charge is 0.335 e. The van der Waals surface area contributed by atoms with Crippen LogP contribution in [0.15, 0.2) is 77.7 Å². The molecule has 2 aliphatic rings. The first-order chi connectivity index (χ1) is 15.4. The molecule has 1 atom stereocenters. The highest BCUT2D eigenvalue weighted by Crippen LogP contribution is 2.36. The molecule has 1 N–H and O–H groups in total. The van der Waals surface area contributed by atoms with Crippen LogP contribution in [-0.2, 0) is 16.4 Å². The Morgan fingerprint density at radius 1 is 0.939 bits per heavy atom. The average molecular weight is 485 g/mol. The van der Waals surface area contributed by atoms with Crippen LogP contribution in [0.3, 0.4) is 0 Å². The van der Waals surface area contributed by atoms with E-state index in [0.717, 1.165) is 29.7 Å². The van der Waals surface area contributed by atoms with Gasteiger partial charge in [-0.05, 0) is 48.2 Å². The Labute approximate surface area is 199 Å². The number of halogens is 1. The maximum atomic E-state index is 13.7. The van der Waals surface area contributed by atoms with Crippen molar-refractivity contribution in [3.8, 4) is 11.1 Å². The molecular formula is C25H25ClN2O4S. The van der Waals surface area contributed by atoms with Gasteiger partial charge in [-0.1, -0.05) is 48.5 Å². The molecule has 1 saturated heterocycles. The number of benzene rings is 3. The van der Waals surface area contributed by atoms with E-state index in [0.29, 0.717) is 35.7 Å². The van der Waals surface area contributed by atoms with Crippen molar-refractivity contribution in [1.29, 1.82) is 0 Å². The summed E-state index contributed by atoms with van der Waals surface area (Å²) in [6.07, 6.45) is 1.54. The molecule has 0 aromatic heterocycles.